The first-order chi connectivity index (χ1) is 14.1. The van der Waals surface area contributed by atoms with E-state index < -0.39 is 25.8 Å². The van der Waals surface area contributed by atoms with Gasteiger partial charge in [0.15, 0.2) is 9.84 Å². The number of anilines is 2. The molecule has 1 fully saturated rings. The Balaban J connectivity index is 1.64. The Morgan fingerprint density at radius 3 is 2.27 bits per heavy atom. The first kappa shape index (κ1) is 22.5. The van der Waals surface area contributed by atoms with Crippen LogP contribution < -0.4 is 10.6 Å². The number of hydrogen-bond donors (Lipinski definition) is 2. The Bertz CT molecular complexity index is 1140. The number of sulfone groups is 1. The molecule has 2 N–H and O–H groups in total. The van der Waals surface area contributed by atoms with Crippen LogP contribution in [0, 0.1) is 0 Å². The second-order valence-corrected chi connectivity index (χ2v) is 11.2. The van der Waals surface area contributed by atoms with E-state index in [1.807, 2.05) is 0 Å². The Hall–Kier alpha value is -2.14. The van der Waals surface area contributed by atoms with Crippen molar-refractivity contribution in [2.45, 2.75) is 22.6 Å². The van der Waals surface area contributed by atoms with Crippen LogP contribution in [-0.2, 0) is 24.7 Å². The van der Waals surface area contributed by atoms with E-state index in [0.29, 0.717) is 18.8 Å². The Morgan fingerprint density at radius 2 is 1.67 bits per heavy atom. The molecule has 30 heavy (non-hydrogen) atoms. The van der Waals surface area contributed by atoms with Crippen LogP contribution in [0.3, 0.4) is 0 Å². The van der Waals surface area contributed by atoms with Crippen molar-refractivity contribution >= 4 is 48.7 Å². The van der Waals surface area contributed by atoms with Gasteiger partial charge in [-0.15, -0.1) is 0 Å². The fraction of sp³-hybridized carbons (Fsp3) is 0.316. The van der Waals surface area contributed by atoms with Gasteiger partial charge in [0.1, 0.15) is 4.90 Å². The van der Waals surface area contributed by atoms with E-state index in [-0.39, 0.29) is 27.0 Å². The number of sulfonamides is 1. The van der Waals surface area contributed by atoms with Gasteiger partial charge in [-0.3, -0.25) is 4.79 Å². The highest BCUT2D eigenvalue weighted by Gasteiger charge is 2.27. The number of nitrogens with one attached hydrogen (secondary N) is 2. The number of halogens is 1. The molecule has 8 nitrogen and oxygen atoms in total. The normalized spacial score (nSPS) is 15.1. The molecule has 0 bridgehead atoms. The molecule has 0 aromatic heterocycles. The van der Waals surface area contributed by atoms with Gasteiger partial charge < -0.3 is 10.6 Å². The third kappa shape index (κ3) is 5.12. The summed E-state index contributed by atoms with van der Waals surface area (Å²) < 4.78 is 50.4. The maximum absolute atomic E-state index is 12.5. The second kappa shape index (κ2) is 8.93. The lowest BCUT2D eigenvalue weighted by Crippen LogP contribution is -2.27. The monoisotopic (exact) mass is 471 g/mol. The van der Waals surface area contributed by atoms with E-state index in [4.69, 9.17) is 11.6 Å². The number of rotatable bonds is 7. The van der Waals surface area contributed by atoms with Gasteiger partial charge in [-0.05, 0) is 49.2 Å². The first-order valence-electron chi connectivity index (χ1n) is 9.21. The lowest BCUT2D eigenvalue weighted by atomic mass is 10.3. The molecule has 1 aliphatic rings. The predicted octanol–water partition coefficient (Wildman–Crippen LogP) is 2.58. The molecule has 2 aromatic carbocycles. The van der Waals surface area contributed by atoms with Crippen molar-refractivity contribution in [3.63, 3.8) is 0 Å². The van der Waals surface area contributed by atoms with Crippen molar-refractivity contribution in [1.82, 2.24) is 4.31 Å². The zero-order valence-electron chi connectivity index (χ0n) is 16.3. The van der Waals surface area contributed by atoms with E-state index in [9.17, 15) is 21.6 Å². The molecule has 2 aromatic rings. The van der Waals surface area contributed by atoms with E-state index in [1.54, 1.807) is 6.07 Å². The number of carbonyl (C=O) groups is 1. The molecule has 162 valence electrons. The Kier molecular flexibility index (Phi) is 6.71. The highest BCUT2D eigenvalue weighted by Crippen LogP contribution is 2.29. The minimum atomic E-state index is -3.58. The molecule has 0 atom stereocenters. The van der Waals surface area contributed by atoms with Crippen molar-refractivity contribution in [3.05, 3.63) is 47.5 Å². The average Bonchev–Trinajstić information content (AvgIpc) is 3.21. The molecule has 1 saturated heterocycles. The largest absolute Gasteiger partial charge is 0.375 e. The molecule has 1 amide bonds. The summed E-state index contributed by atoms with van der Waals surface area (Å²) in [5, 5.41) is 5.48. The minimum absolute atomic E-state index is 0.0673. The topological polar surface area (TPSA) is 113 Å². The summed E-state index contributed by atoms with van der Waals surface area (Å²) in [5.74, 6) is -0.426. The molecular weight excluding hydrogens is 450 g/mol. The summed E-state index contributed by atoms with van der Waals surface area (Å²) in [7, 11) is -7.10. The van der Waals surface area contributed by atoms with Gasteiger partial charge in [0.25, 0.3) is 0 Å². The van der Waals surface area contributed by atoms with Crippen LogP contribution in [0.15, 0.2) is 52.3 Å². The maximum atomic E-state index is 12.5. The number of hydrogen-bond acceptors (Lipinski definition) is 6. The zero-order valence-corrected chi connectivity index (χ0v) is 18.6. The molecule has 0 aliphatic carbocycles. The summed E-state index contributed by atoms with van der Waals surface area (Å²) >= 11 is 5.99. The van der Waals surface area contributed by atoms with E-state index in [0.717, 1.165) is 19.1 Å². The summed E-state index contributed by atoms with van der Waals surface area (Å²) in [4.78, 5) is 12.3. The SMILES string of the molecule is CS(=O)(=O)c1c(Cl)cccc1NCC(=O)Nc1ccc(S(=O)(=O)N2CCCC2)cc1. The van der Waals surface area contributed by atoms with Gasteiger partial charge in [0, 0.05) is 25.0 Å². The van der Waals surface area contributed by atoms with Gasteiger partial charge in [-0.25, -0.2) is 16.8 Å². The highest BCUT2D eigenvalue weighted by molar-refractivity contribution is 7.91. The zero-order chi connectivity index (χ0) is 21.9. The van der Waals surface area contributed by atoms with Crippen molar-refractivity contribution in [1.29, 1.82) is 0 Å². The average molecular weight is 472 g/mol. The van der Waals surface area contributed by atoms with Crippen molar-refractivity contribution < 1.29 is 21.6 Å². The molecular formula is C19H22ClN3O5S2. The second-order valence-electron chi connectivity index (χ2n) is 6.93. The molecule has 1 heterocycles. The number of nitrogens with zero attached hydrogens (tertiary/aromatic N) is 1. The van der Waals surface area contributed by atoms with Crippen molar-refractivity contribution in [3.8, 4) is 0 Å². The summed E-state index contributed by atoms with van der Waals surface area (Å²) in [6.45, 7) is 0.841. The Labute approximate surface area is 181 Å². The lowest BCUT2D eigenvalue weighted by molar-refractivity contribution is -0.114. The predicted molar refractivity (Wildman–Crippen MR) is 116 cm³/mol. The summed E-state index contributed by atoms with van der Waals surface area (Å²) in [6.07, 6.45) is 2.75. The van der Waals surface area contributed by atoms with E-state index >= 15 is 0 Å². The molecule has 0 radical (unpaired) electrons. The smallest absolute Gasteiger partial charge is 0.243 e. The van der Waals surface area contributed by atoms with Gasteiger partial charge >= 0.3 is 0 Å². The molecule has 3 rings (SSSR count). The lowest BCUT2D eigenvalue weighted by Gasteiger charge is -2.16. The summed E-state index contributed by atoms with van der Waals surface area (Å²) in [6, 6.07) is 10.5. The Morgan fingerprint density at radius 1 is 1.03 bits per heavy atom. The fourth-order valence-electron chi connectivity index (χ4n) is 3.19. The van der Waals surface area contributed by atoms with Gasteiger partial charge in [0.05, 0.1) is 22.2 Å². The van der Waals surface area contributed by atoms with Crippen LogP contribution >= 0.6 is 11.6 Å². The van der Waals surface area contributed by atoms with Crippen LogP contribution in [0.2, 0.25) is 5.02 Å². The number of amides is 1. The molecule has 0 unspecified atom stereocenters. The number of carbonyl (C=O) groups excluding carboxylic acids is 1. The van der Waals surface area contributed by atoms with Crippen molar-refractivity contribution in [2.75, 3.05) is 36.5 Å². The van der Waals surface area contributed by atoms with Crippen LogP contribution in [0.4, 0.5) is 11.4 Å². The number of benzene rings is 2. The van der Waals surface area contributed by atoms with Crippen LogP contribution in [0.5, 0.6) is 0 Å². The fourth-order valence-corrected chi connectivity index (χ4v) is 6.27. The molecule has 11 heteroatoms. The first-order valence-corrected chi connectivity index (χ1v) is 12.9. The van der Waals surface area contributed by atoms with Gasteiger partial charge in [0.2, 0.25) is 15.9 Å². The molecule has 0 saturated carbocycles. The van der Waals surface area contributed by atoms with Gasteiger partial charge in [-0.1, -0.05) is 17.7 Å². The summed E-state index contributed by atoms with van der Waals surface area (Å²) in [5.41, 5.74) is 0.656. The van der Waals surface area contributed by atoms with E-state index in [2.05, 4.69) is 10.6 Å². The molecule has 0 spiro atoms. The van der Waals surface area contributed by atoms with Crippen LogP contribution in [-0.4, -0.2) is 52.9 Å². The third-order valence-electron chi connectivity index (χ3n) is 4.62. The standard InChI is InChI=1S/C19H22ClN3O5S2/c1-29(25,26)19-16(20)5-4-6-17(19)21-13-18(24)22-14-7-9-15(10-8-14)30(27,28)23-11-2-3-12-23/h4-10,21H,2-3,11-13H2,1H3,(H,22,24). The third-order valence-corrected chi connectivity index (χ3v) is 8.14. The van der Waals surface area contributed by atoms with Gasteiger partial charge in [-0.2, -0.15) is 4.31 Å². The van der Waals surface area contributed by atoms with Crippen LogP contribution in [0.1, 0.15) is 12.8 Å². The highest BCUT2D eigenvalue weighted by atomic mass is 35.5. The molecule has 1 aliphatic heterocycles. The quantitative estimate of drug-likeness (QED) is 0.641. The minimum Gasteiger partial charge on any atom is -0.375 e. The van der Waals surface area contributed by atoms with E-state index in [1.165, 1.54) is 40.7 Å². The van der Waals surface area contributed by atoms with Crippen LogP contribution in [0.25, 0.3) is 0 Å². The maximum Gasteiger partial charge on any atom is 0.243 e. The van der Waals surface area contributed by atoms with Crippen molar-refractivity contribution in [2.24, 2.45) is 0 Å².